The average Bonchev–Trinajstić information content (AvgIpc) is 2.90. The van der Waals surface area contributed by atoms with E-state index in [-0.39, 0.29) is 17.9 Å². The summed E-state index contributed by atoms with van der Waals surface area (Å²) >= 11 is 0. The molecule has 1 aromatic rings. The predicted octanol–water partition coefficient (Wildman–Crippen LogP) is -1.00. The molecule has 0 spiro atoms. The number of carbonyl (C=O) groups excluding carboxylic acids is 2. The molecule has 1 N–H and O–H groups in total. The number of aryl methyl sites for hydroxylation is 2. The Morgan fingerprint density at radius 2 is 2.29 bits per heavy atom. The van der Waals surface area contributed by atoms with Gasteiger partial charge in [-0.25, -0.2) is 0 Å². The Morgan fingerprint density at radius 3 is 3.05 bits per heavy atom. The summed E-state index contributed by atoms with van der Waals surface area (Å²) in [6, 6.07) is -0.171. The first-order chi connectivity index (χ1) is 10.1. The highest BCUT2D eigenvalue weighted by atomic mass is 16.2. The van der Waals surface area contributed by atoms with E-state index in [0.717, 1.165) is 25.2 Å². The molecule has 2 amide bonds. The average molecular weight is 291 g/mol. The summed E-state index contributed by atoms with van der Waals surface area (Å²) in [5, 5.41) is 6.97. The van der Waals surface area contributed by atoms with Gasteiger partial charge in [0, 0.05) is 52.4 Å². The van der Waals surface area contributed by atoms with Crippen molar-refractivity contribution in [2.45, 2.75) is 18.9 Å². The Kier molecular flexibility index (Phi) is 3.92. The molecule has 7 nitrogen and oxygen atoms in total. The molecule has 2 aliphatic rings. The van der Waals surface area contributed by atoms with Crippen molar-refractivity contribution in [2.24, 2.45) is 7.05 Å². The quantitative estimate of drug-likeness (QED) is 0.775. The zero-order valence-electron chi connectivity index (χ0n) is 12.3. The maximum absolute atomic E-state index is 12.3. The Labute approximate surface area is 123 Å². The Hall–Kier alpha value is -1.89. The van der Waals surface area contributed by atoms with Crippen molar-refractivity contribution in [2.75, 3.05) is 32.7 Å². The number of hydrogen-bond donors (Lipinski definition) is 1. The van der Waals surface area contributed by atoms with Gasteiger partial charge in [0.1, 0.15) is 6.04 Å². The van der Waals surface area contributed by atoms with Crippen molar-refractivity contribution in [1.29, 1.82) is 0 Å². The lowest BCUT2D eigenvalue weighted by Gasteiger charge is -2.43. The molecule has 0 aromatic carbocycles. The topological polar surface area (TPSA) is 70.5 Å². The van der Waals surface area contributed by atoms with Crippen LogP contribution >= 0.6 is 0 Å². The molecule has 0 bridgehead atoms. The van der Waals surface area contributed by atoms with Crippen molar-refractivity contribution in [1.82, 2.24) is 24.9 Å². The fourth-order valence-corrected chi connectivity index (χ4v) is 3.01. The maximum Gasteiger partial charge on any atom is 0.239 e. The van der Waals surface area contributed by atoms with Crippen molar-refractivity contribution in [3.63, 3.8) is 0 Å². The molecule has 2 fully saturated rings. The van der Waals surface area contributed by atoms with Crippen LogP contribution in [0, 0.1) is 0 Å². The summed E-state index contributed by atoms with van der Waals surface area (Å²) in [5.74, 6) is 0.169. The SMILES string of the molecule is Cn1cc(CCC(=O)N2CCN3CCNC(=O)[C@@H]3C2)cn1. The lowest BCUT2D eigenvalue weighted by molar-refractivity contribution is -0.139. The number of hydrogen-bond acceptors (Lipinski definition) is 4. The van der Waals surface area contributed by atoms with Crippen LogP contribution in [0.15, 0.2) is 12.4 Å². The minimum atomic E-state index is -0.171. The van der Waals surface area contributed by atoms with Crippen LogP contribution in [0.3, 0.4) is 0 Å². The van der Waals surface area contributed by atoms with Gasteiger partial charge in [-0.3, -0.25) is 19.2 Å². The minimum absolute atomic E-state index is 0.0472. The largest absolute Gasteiger partial charge is 0.353 e. The van der Waals surface area contributed by atoms with E-state index in [4.69, 9.17) is 0 Å². The molecule has 2 saturated heterocycles. The first-order valence-corrected chi connectivity index (χ1v) is 7.40. The van der Waals surface area contributed by atoms with E-state index in [1.54, 1.807) is 10.9 Å². The molecule has 0 unspecified atom stereocenters. The molecule has 3 rings (SSSR count). The third kappa shape index (κ3) is 3.07. The molecule has 2 aliphatic heterocycles. The molecule has 21 heavy (non-hydrogen) atoms. The highest BCUT2D eigenvalue weighted by Gasteiger charge is 2.35. The summed E-state index contributed by atoms with van der Waals surface area (Å²) in [4.78, 5) is 28.2. The molecule has 3 heterocycles. The molecular formula is C14H21N5O2. The monoisotopic (exact) mass is 291 g/mol. The molecule has 0 aliphatic carbocycles. The van der Waals surface area contributed by atoms with Crippen molar-refractivity contribution in [3.05, 3.63) is 18.0 Å². The van der Waals surface area contributed by atoms with Gasteiger partial charge >= 0.3 is 0 Å². The first-order valence-electron chi connectivity index (χ1n) is 7.40. The molecule has 0 radical (unpaired) electrons. The van der Waals surface area contributed by atoms with E-state index in [1.165, 1.54) is 0 Å². The number of rotatable bonds is 3. The summed E-state index contributed by atoms with van der Waals surface area (Å²) in [6.45, 7) is 3.61. The van der Waals surface area contributed by atoms with E-state index < -0.39 is 0 Å². The van der Waals surface area contributed by atoms with Crippen LogP contribution in [0.4, 0.5) is 0 Å². The normalized spacial score (nSPS) is 22.8. The summed E-state index contributed by atoms with van der Waals surface area (Å²) in [6.07, 6.45) is 4.89. The number of nitrogens with zero attached hydrogens (tertiary/aromatic N) is 4. The number of fused-ring (bicyclic) bond motifs is 1. The number of aromatic nitrogens is 2. The number of nitrogens with one attached hydrogen (secondary N) is 1. The van der Waals surface area contributed by atoms with Gasteiger partial charge in [-0.05, 0) is 12.0 Å². The molecule has 7 heteroatoms. The van der Waals surface area contributed by atoms with Gasteiger partial charge in [-0.1, -0.05) is 0 Å². The molecule has 1 atom stereocenters. The van der Waals surface area contributed by atoms with Crippen LogP contribution in [-0.4, -0.2) is 70.2 Å². The fourth-order valence-electron chi connectivity index (χ4n) is 3.01. The van der Waals surface area contributed by atoms with Gasteiger partial charge in [0.2, 0.25) is 11.8 Å². The first kappa shape index (κ1) is 14.1. The van der Waals surface area contributed by atoms with E-state index in [0.29, 0.717) is 25.9 Å². The fraction of sp³-hybridized carbons (Fsp3) is 0.643. The van der Waals surface area contributed by atoms with Crippen LogP contribution in [0.25, 0.3) is 0 Å². The maximum atomic E-state index is 12.3. The highest BCUT2D eigenvalue weighted by Crippen LogP contribution is 2.14. The summed E-state index contributed by atoms with van der Waals surface area (Å²) in [5.41, 5.74) is 1.07. The summed E-state index contributed by atoms with van der Waals surface area (Å²) < 4.78 is 1.74. The molecular weight excluding hydrogens is 270 g/mol. The van der Waals surface area contributed by atoms with Gasteiger partial charge in [-0.2, -0.15) is 5.10 Å². The molecule has 1 aromatic heterocycles. The Bertz CT molecular complexity index is 541. The zero-order valence-corrected chi connectivity index (χ0v) is 12.3. The van der Waals surface area contributed by atoms with E-state index in [2.05, 4.69) is 15.3 Å². The van der Waals surface area contributed by atoms with Crippen LogP contribution in [-0.2, 0) is 23.1 Å². The lowest BCUT2D eigenvalue weighted by Crippen LogP contribution is -2.64. The molecule has 114 valence electrons. The van der Waals surface area contributed by atoms with Gasteiger partial charge in [0.15, 0.2) is 0 Å². The van der Waals surface area contributed by atoms with Crippen LogP contribution < -0.4 is 5.32 Å². The van der Waals surface area contributed by atoms with E-state index >= 15 is 0 Å². The van der Waals surface area contributed by atoms with Gasteiger partial charge in [0.25, 0.3) is 0 Å². The Morgan fingerprint density at radius 1 is 1.43 bits per heavy atom. The minimum Gasteiger partial charge on any atom is -0.353 e. The number of amides is 2. The molecule has 0 saturated carbocycles. The zero-order chi connectivity index (χ0) is 14.8. The second kappa shape index (κ2) is 5.85. The third-order valence-corrected chi connectivity index (χ3v) is 4.23. The Balaban J connectivity index is 1.54. The summed E-state index contributed by atoms with van der Waals surface area (Å²) in [7, 11) is 1.87. The van der Waals surface area contributed by atoms with Crippen molar-refractivity contribution in [3.8, 4) is 0 Å². The smallest absolute Gasteiger partial charge is 0.239 e. The van der Waals surface area contributed by atoms with Crippen LogP contribution in [0.2, 0.25) is 0 Å². The van der Waals surface area contributed by atoms with Crippen LogP contribution in [0.5, 0.6) is 0 Å². The highest BCUT2D eigenvalue weighted by molar-refractivity contribution is 5.84. The van der Waals surface area contributed by atoms with Gasteiger partial charge in [-0.15, -0.1) is 0 Å². The predicted molar refractivity (Wildman–Crippen MR) is 76.5 cm³/mol. The van der Waals surface area contributed by atoms with E-state index in [1.807, 2.05) is 18.1 Å². The second-order valence-corrected chi connectivity index (χ2v) is 5.70. The second-order valence-electron chi connectivity index (χ2n) is 5.70. The standard InChI is InChI=1S/C14H21N5O2/c1-17-9-11(8-16-17)2-3-13(20)19-7-6-18-5-4-15-14(21)12(18)10-19/h8-9,12H,2-7,10H2,1H3,(H,15,21)/t12-/m0/s1. The van der Waals surface area contributed by atoms with Crippen molar-refractivity contribution < 1.29 is 9.59 Å². The number of carbonyl (C=O) groups is 2. The van der Waals surface area contributed by atoms with Gasteiger partial charge in [0.05, 0.1) is 6.20 Å². The third-order valence-electron chi connectivity index (χ3n) is 4.23. The lowest BCUT2D eigenvalue weighted by atomic mass is 10.1. The van der Waals surface area contributed by atoms with Crippen LogP contribution in [0.1, 0.15) is 12.0 Å². The van der Waals surface area contributed by atoms with Gasteiger partial charge < -0.3 is 10.2 Å². The number of piperazine rings is 2. The van der Waals surface area contributed by atoms with E-state index in [9.17, 15) is 9.59 Å². The van der Waals surface area contributed by atoms with Crippen molar-refractivity contribution >= 4 is 11.8 Å².